The Balaban J connectivity index is 1.88. The van der Waals surface area contributed by atoms with Crippen molar-refractivity contribution < 1.29 is 13.2 Å². The molecule has 0 saturated carbocycles. The summed E-state index contributed by atoms with van der Waals surface area (Å²) in [5, 5.41) is 0.465. The summed E-state index contributed by atoms with van der Waals surface area (Å²) in [5.74, 6) is 0.342. The molecule has 0 atom stereocenters. The minimum atomic E-state index is -3.68. The van der Waals surface area contributed by atoms with Gasteiger partial charge in [0.25, 0.3) is 0 Å². The third-order valence-corrected chi connectivity index (χ3v) is 7.42. The number of hydrogen-bond donors (Lipinski definition) is 0. The van der Waals surface area contributed by atoms with E-state index in [-0.39, 0.29) is 4.90 Å². The van der Waals surface area contributed by atoms with Crippen LogP contribution in [-0.4, -0.2) is 46.0 Å². The molecule has 1 heterocycles. The highest BCUT2D eigenvalue weighted by Crippen LogP contribution is 2.36. The Labute approximate surface area is 160 Å². The lowest BCUT2D eigenvalue weighted by atomic mass is 10.1. The largest absolute Gasteiger partial charge is 0.495 e. The molecule has 0 bridgehead atoms. The Bertz CT molecular complexity index is 893. The van der Waals surface area contributed by atoms with Gasteiger partial charge in [0.2, 0.25) is 10.0 Å². The number of aryl methyl sites for hydroxylation is 1. The second-order valence-corrected chi connectivity index (χ2v) is 8.64. The zero-order chi connectivity index (χ0) is 18.9. The summed E-state index contributed by atoms with van der Waals surface area (Å²) < 4.78 is 33.4. The second kappa shape index (κ2) is 7.47. The fourth-order valence-corrected chi connectivity index (χ4v) is 5.33. The first kappa shape index (κ1) is 19.0. The van der Waals surface area contributed by atoms with E-state index in [0.29, 0.717) is 42.5 Å². The van der Waals surface area contributed by atoms with Gasteiger partial charge in [0.05, 0.1) is 7.11 Å². The summed E-state index contributed by atoms with van der Waals surface area (Å²) in [5.41, 5.74) is 2.44. The topological polar surface area (TPSA) is 49.9 Å². The van der Waals surface area contributed by atoms with Crippen molar-refractivity contribution >= 4 is 27.3 Å². The van der Waals surface area contributed by atoms with Gasteiger partial charge >= 0.3 is 0 Å². The fraction of sp³-hybridized carbons (Fsp3) is 0.368. The smallest absolute Gasteiger partial charge is 0.247 e. The van der Waals surface area contributed by atoms with E-state index >= 15 is 0 Å². The molecule has 0 radical (unpaired) electrons. The average molecular weight is 395 g/mol. The van der Waals surface area contributed by atoms with Gasteiger partial charge in [-0.15, -0.1) is 0 Å². The molecule has 1 fully saturated rings. The van der Waals surface area contributed by atoms with Crippen LogP contribution >= 0.6 is 11.6 Å². The van der Waals surface area contributed by atoms with E-state index in [1.807, 2.05) is 37.3 Å². The van der Waals surface area contributed by atoms with Gasteiger partial charge in [-0.1, -0.05) is 29.8 Å². The van der Waals surface area contributed by atoms with Crippen molar-refractivity contribution in [1.82, 2.24) is 4.31 Å². The van der Waals surface area contributed by atoms with E-state index in [4.69, 9.17) is 16.3 Å². The summed E-state index contributed by atoms with van der Waals surface area (Å²) in [4.78, 5) is 2.36. The van der Waals surface area contributed by atoms with Crippen LogP contribution in [0.15, 0.2) is 41.3 Å². The third-order valence-electron chi connectivity index (χ3n) is 4.77. The summed E-state index contributed by atoms with van der Waals surface area (Å²) in [7, 11) is -2.20. The molecule has 3 rings (SSSR count). The first-order valence-electron chi connectivity index (χ1n) is 8.50. The van der Waals surface area contributed by atoms with E-state index in [1.54, 1.807) is 13.0 Å². The van der Waals surface area contributed by atoms with E-state index in [2.05, 4.69) is 4.90 Å². The summed E-state index contributed by atoms with van der Waals surface area (Å²) in [6, 6.07) is 11.7. The van der Waals surface area contributed by atoms with Crippen molar-refractivity contribution in [2.45, 2.75) is 18.7 Å². The molecule has 0 aromatic heterocycles. The van der Waals surface area contributed by atoms with Crippen LogP contribution in [0.4, 0.5) is 5.69 Å². The highest BCUT2D eigenvalue weighted by molar-refractivity contribution is 7.89. The molecule has 0 unspecified atom stereocenters. The van der Waals surface area contributed by atoms with Crippen molar-refractivity contribution in [3.63, 3.8) is 0 Å². The highest BCUT2D eigenvalue weighted by Gasteiger charge is 2.33. The van der Waals surface area contributed by atoms with Gasteiger partial charge in [-0.3, -0.25) is 0 Å². The molecule has 1 saturated heterocycles. The Morgan fingerprint density at radius 3 is 2.23 bits per heavy atom. The number of anilines is 1. The van der Waals surface area contributed by atoms with E-state index in [1.165, 1.54) is 11.4 Å². The molecule has 7 heteroatoms. The maximum Gasteiger partial charge on any atom is 0.247 e. The van der Waals surface area contributed by atoms with Gasteiger partial charge in [0.15, 0.2) is 0 Å². The van der Waals surface area contributed by atoms with E-state index < -0.39 is 10.0 Å². The number of para-hydroxylation sites is 1. The molecular weight excluding hydrogens is 372 g/mol. The maximum absolute atomic E-state index is 13.3. The Kier molecular flexibility index (Phi) is 5.46. The SMILES string of the molecule is COc1cc(C)c(Cl)c(C)c1S(=O)(=O)N1CCN(c2ccccc2)CC1. The van der Waals surface area contributed by atoms with E-state index in [0.717, 1.165) is 11.3 Å². The highest BCUT2D eigenvalue weighted by atomic mass is 35.5. The monoisotopic (exact) mass is 394 g/mol. The van der Waals surface area contributed by atoms with Crippen LogP contribution in [0.1, 0.15) is 11.1 Å². The minimum absolute atomic E-state index is 0.170. The standard InChI is InChI=1S/C19H23ClN2O3S/c1-14-13-17(25-3)19(15(2)18(14)20)26(23,24)22-11-9-21(10-12-22)16-7-5-4-6-8-16/h4-8,13H,9-12H2,1-3H3. The predicted molar refractivity (Wildman–Crippen MR) is 105 cm³/mol. The average Bonchev–Trinajstić information content (AvgIpc) is 2.66. The number of nitrogens with zero attached hydrogens (tertiary/aromatic N) is 2. The molecular formula is C19H23ClN2O3S. The molecule has 2 aromatic carbocycles. The Hall–Kier alpha value is -1.76. The third kappa shape index (κ3) is 3.41. The zero-order valence-corrected chi connectivity index (χ0v) is 16.8. The van der Waals surface area contributed by atoms with Crippen LogP contribution in [0.2, 0.25) is 5.02 Å². The molecule has 2 aromatic rings. The van der Waals surface area contributed by atoms with Gasteiger partial charge < -0.3 is 9.64 Å². The van der Waals surface area contributed by atoms with E-state index in [9.17, 15) is 8.42 Å². The second-order valence-electron chi connectivity index (χ2n) is 6.39. The number of sulfonamides is 1. The van der Waals surface area contributed by atoms with Crippen molar-refractivity contribution in [2.75, 3.05) is 38.2 Å². The lowest BCUT2D eigenvalue weighted by Gasteiger charge is -2.35. The number of ether oxygens (including phenoxy) is 1. The Morgan fingerprint density at radius 1 is 1.04 bits per heavy atom. The van der Waals surface area contributed by atoms with Crippen LogP contribution in [0, 0.1) is 13.8 Å². The van der Waals surface area contributed by atoms with Crippen LogP contribution in [0.5, 0.6) is 5.75 Å². The van der Waals surface area contributed by atoms with Crippen LogP contribution < -0.4 is 9.64 Å². The van der Waals surface area contributed by atoms with Crippen molar-refractivity contribution in [1.29, 1.82) is 0 Å². The normalized spacial score (nSPS) is 15.9. The molecule has 0 spiro atoms. The van der Waals surface area contributed by atoms with Gasteiger partial charge in [-0.2, -0.15) is 4.31 Å². The number of rotatable bonds is 4. The molecule has 5 nitrogen and oxygen atoms in total. The number of methoxy groups -OCH3 is 1. The van der Waals surface area contributed by atoms with Gasteiger partial charge in [0, 0.05) is 36.9 Å². The van der Waals surface area contributed by atoms with Gasteiger partial charge in [-0.05, 0) is 43.2 Å². The van der Waals surface area contributed by atoms with Crippen molar-refractivity contribution in [2.24, 2.45) is 0 Å². The summed E-state index contributed by atoms with van der Waals surface area (Å²) in [6.45, 7) is 5.70. The van der Waals surface area contributed by atoms with Gasteiger partial charge in [-0.25, -0.2) is 8.42 Å². The van der Waals surface area contributed by atoms with Crippen LogP contribution in [-0.2, 0) is 10.0 Å². The van der Waals surface area contributed by atoms with Crippen molar-refractivity contribution in [3.05, 3.63) is 52.5 Å². The molecule has 0 aliphatic carbocycles. The first-order valence-corrected chi connectivity index (χ1v) is 10.3. The number of benzene rings is 2. The predicted octanol–water partition coefficient (Wildman–Crippen LogP) is 3.48. The number of piperazine rings is 1. The van der Waals surface area contributed by atoms with Crippen molar-refractivity contribution in [3.8, 4) is 5.75 Å². The van der Waals surface area contributed by atoms with Gasteiger partial charge in [0.1, 0.15) is 10.6 Å². The molecule has 26 heavy (non-hydrogen) atoms. The summed E-state index contributed by atoms with van der Waals surface area (Å²) in [6.07, 6.45) is 0. The molecule has 0 amide bonds. The lowest BCUT2D eigenvalue weighted by Crippen LogP contribution is -2.48. The molecule has 1 aliphatic heterocycles. The maximum atomic E-state index is 13.3. The molecule has 0 N–H and O–H groups in total. The number of hydrogen-bond acceptors (Lipinski definition) is 4. The molecule has 1 aliphatic rings. The van der Waals surface area contributed by atoms with Crippen LogP contribution in [0.25, 0.3) is 0 Å². The first-order chi connectivity index (χ1) is 12.4. The summed E-state index contributed by atoms with van der Waals surface area (Å²) >= 11 is 6.31. The molecule has 140 valence electrons. The van der Waals surface area contributed by atoms with Crippen LogP contribution in [0.3, 0.4) is 0 Å². The fourth-order valence-electron chi connectivity index (χ4n) is 3.33. The zero-order valence-electron chi connectivity index (χ0n) is 15.2. The Morgan fingerprint density at radius 2 is 1.65 bits per heavy atom. The minimum Gasteiger partial charge on any atom is -0.495 e. The number of halogens is 1. The quantitative estimate of drug-likeness (QED) is 0.796. The lowest BCUT2D eigenvalue weighted by molar-refractivity contribution is 0.373.